The number of pyridine rings is 1. The Morgan fingerprint density at radius 3 is 2.83 bits per heavy atom. The summed E-state index contributed by atoms with van der Waals surface area (Å²) < 4.78 is 5.06. The number of hydrogen-bond acceptors (Lipinski definition) is 4. The minimum absolute atomic E-state index is 0.0316. The van der Waals surface area contributed by atoms with Gasteiger partial charge in [-0.3, -0.25) is 9.78 Å². The van der Waals surface area contributed by atoms with Crippen LogP contribution in [0.4, 0.5) is 4.79 Å². The van der Waals surface area contributed by atoms with Gasteiger partial charge in [0.15, 0.2) is 0 Å². The van der Waals surface area contributed by atoms with Crippen molar-refractivity contribution in [3.63, 3.8) is 0 Å². The van der Waals surface area contributed by atoms with E-state index in [-0.39, 0.29) is 18.0 Å². The Morgan fingerprint density at radius 1 is 1.29 bits per heavy atom. The highest BCUT2D eigenvalue weighted by molar-refractivity contribution is 5.96. The lowest BCUT2D eigenvalue weighted by atomic mass is 9.94. The molecule has 0 spiro atoms. The molecule has 0 unspecified atom stereocenters. The SMILES string of the molecule is CCOC(=O)N1CCc2c(cncc2C(=O)NC2CCCCC2)C1. The minimum atomic E-state index is -0.305. The van der Waals surface area contributed by atoms with Gasteiger partial charge in [0.25, 0.3) is 5.91 Å². The molecule has 0 atom stereocenters. The fraction of sp³-hybridized carbons (Fsp3) is 0.611. The normalized spacial score (nSPS) is 18.0. The Balaban J connectivity index is 1.71. The highest BCUT2D eigenvalue weighted by Crippen LogP contribution is 2.23. The van der Waals surface area contributed by atoms with E-state index in [2.05, 4.69) is 10.3 Å². The van der Waals surface area contributed by atoms with Crippen molar-refractivity contribution in [3.8, 4) is 0 Å². The fourth-order valence-corrected chi connectivity index (χ4v) is 3.57. The highest BCUT2D eigenvalue weighted by Gasteiger charge is 2.26. The first-order chi connectivity index (χ1) is 11.7. The zero-order valence-electron chi connectivity index (χ0n) is 14.2. The van der Waals surface area contributed by atoms with Crippen molar-refractivity contribution in [2.45, 2.75) is 58.0 Å². The average molecular weight is 331 g/mol. The van der Waals surface area contributed by atoms with Gasteiger partial charge in [-0.1, -0.05) is 19.3 Å². The number of hydrogen-bond donors (Lipinski definition) is 1. The van der Waals surface area contributed by atoms with Gasteiger partial charge >= 0.3 is 6.09 Å². The summed E-state index contributed by atoms with van der Waals surface area (Å²) in [5.41, 5.74) is 2.60. The molecule has 1 aliphatic heterocycles. The van der Waals surface area contributed by atoms with Crippen molar-refractivity contribution in [2.24, 2.45) is 0 Å². The molecule has 0 bridgehead atoms. The number of amides is 2. The molecule has 1 fully saturated rings. The third kappa shape index (κ3) is 3.68. The third-order valence-corrected chi connectivity index (χ3v) is 4.85. The first-order valence-corrected chi connectivity index (χ1v) is 8.87. The first kappa shape index (κ1) is 16.7. The summed E-state index contributed by atoms with van der Waals surface area (Å²) in [6.07, 6.45) is 9.50. The molecule has 2 heterocycles. The van der Waals surface area contributed by atoms with E-state index in [1.54, 1.807) is 24.2 Å². The Kier molecular flexibility index (Phi) is 5.33. The van der Waals surface area contributed by atoms with Gasteiger partial charge in [0.05, 0.1) is 18.7 Å². The van der Waals surface area contributed by atoms with Crippen LogP contribution < -0.4 is 5.32 Å². The number of nitrogens with one attached hydrogen (secondary N) is 1. The Labute approximate surface area is 142 Å². The van der Waals surface area contributed by atoms with Crippen LogP contribution in [0.3, 0.4) is 0 Å². The molecular weight excluding hydrogens is 306 g/mol. The number of aromatic nitrogens is 1. The van der Waals surface area contributed by atoms with Gasteiger partial charge in [0.1, 0.15) is 0 Å². The smallest absolute Gasteiger partial charge is 0.410 e. The molecule has 3 rings (SSSR count). The van der Waals surface area contributed by atoms with Crippen LogP contribution in [0.25, 0.3) is 0 Å². The lowest BCUT2D eigenvalue weighted by molar-refractivity contribution is 0.0924. The second kappa shape index (κ2) is 7.64. The van der Waals surface area contributed by atoms with E-state index in [0.717, 1.165) is 24.0 Å². The molecule has 6 nitrogen and oxygen atoms in total. The maximum absolute atomic E-state index is 12.6. The summed E-state index contributed by atoms with van der Waals surface area (Å²) in [5.74, 6) is -0.0316. The van der Waals surface area contributed by atoms with Crippen molar-refractivity contribution in [2.75, 3.05) is 13.2 Å². The topological polar surface area (TPSA) is 71.5 Å². The third-order valence-electron chi connectivity index (χ3n) is 4.85. The summed E-state index contributed by atoms with van der Waals surface area (Å²) in [6.45, 7) is 3.18. The predicted molar refractivity (Wildman–Crippen MR) is 89.7 cm³/mol. The number of carbonyl (C=O) groups is 2. The quantitative estimate of drug-likeness (QED) is 0.924. The van der Waals surface area contributed by atoms with E-state index in [9.17, 15) is 9.59 Å². The van der Waals surface area contributed by atoms with E-state index in [1.807, 2.05) is 0 Å². The number of nitrogens with zero attached hydrogens (tertiary/aromatic N) is 2. The van der Waals surface area contributed by atoms with Crippen LogP contribution in [0, 0.1) is 0 Å². The van der Waals surface area contributed by atoms with Gasteiger partial charge in [0.2, 0.25) is 0 Å². The lowest BCUT2D eigenvalue weighted by Gasteiger charge is -2.29. The van der Waals surface area contributed by atoms with Crippen LogP contribution in [0.1, 0.15) is 60.5 Å². The van der Waals surface area contributed by atoms with Gasteiger partial charge in [-0.2, -0.15) is 0 Å². The van der Waals surface area contributed by atoms with Crippen molar-refractivity contribution in [1.29, 1.82) is 0 Å². The Bertz CT molecular complexity index is 612. The van der Waals surface area contributed by atoms with Crippen LogP contribution in [-0.4, -0.2) is 41.1 Å². The molecule has 24 heavy (non-hydrogen) atoms. The second-order valence-electron chi connectivity index (χ2n) is 6.50. The summed E-state index contributed by atoms with van der Waals surface area (Å²) in [7, 11) is 0. The number of fused-ring (bicyclic) bond motifs is 1. The second-order valence-corrected chi connectivity index (χ2v) is 6.50. The standard InChI is InChI=1S/C18H25N3O3/c1-2-24-18(23)21-9-8-15-13(12-21)10-19-11-16(15)17(22)20-14-6-4-3-5-7-14/h10-11,14H,2-9,12H2,1H3,(H,20,22). The van der Waals surface area contributed by atoms with Crippen molar-refractivity contribution >= 4 is 12.0 Å². The molecule has 0 radical (unpaired) electrons. The van der Waals surface area contributed by atoms with Gasteiger partial charge in [-0.15, -0.1) is 0 Å². The number of carbonyl (C=O) groups excluding carboxylic acids is 2. The fourth-order valence-electron chi connectivity index (χ4n) is 3.57. The molecule has 1 N–H and O–H groups in total. The van der Waals surface area contributed by atoms with E-state index in [0.29, 0.717) is 31.7 Å². The molecule has 1 saturated carbocycles. The maximum Gasteiger partial charge on any atom is 0.410 e. The van der Waals surface area contributed by atoms with Crippen LogP contribution >= 0.6 is 0 Å². The van der Waals surface area contributed by atoms with Gasteiger partial charge in [-0.25, -0.2) is 4.79 Å². The molecule has 6 heteroatoms. The zero-order valence-corrected chi connectivity index (χ0v) is 14.2. The maximum atomic E-state index is 12.6. The van der Waals surface area contributed by atoms with Gasteiger partial charge < -0.3 is 15.0 Å². The zero-order chi connectivity index (χ0) is 16.9. The number of ether oxygens (including phenoxy) is 1. The highest BCUT2D eigenvalue weighted by atomic mass is 16.6. The molecule has 1 aromatic rings. The van der Waals surface area contributed by atoms with Crippen LogP contribution in [0.2, 0.25) is 0 Å². The summed E-state index contributed by atoms with van der Waals surface area (Å²) in [6, 6.07) is 0.279. The van der Waals surface area contributed by atoms with E-state index < -0.39 is 0 Å². The van der Waals surface area contributed by atoms with Crippen LogP contribution in [0.15, 0.2) is 12.4 Å². The molecule has 2 aliphatic rings. The average Bonchev–Trinajstić information content (AvgIpc) is 2.61. The molecule has 0 aromatic carbocycles. The minimum Gasteiger partial charge on any atom is -0.450 e. The van der Waals surface area contributed by atoms with E-state index in [4.69, 9.17) is 4.74 Å². The Hall–Kier alpha value is -2.11. The first-order valence-electron chi connectivity index (χ1n) is 8.87. The molecule has 1 aliphatic carbocycles. The lowest BCUT2D eigenvalue weighted by Crippen LogP contribution is -2.39. The van der Waals surface area contributed by atoms with E-state index in [1.165, 1.54) is 19.3 Å². The molecule has 130 valence electrons. The summed E-state index contributed by atoms with van der Waals surface area (Å²) >= 11 is 0. The van der Waals surface area contributed by atoms with Gasteiger partial charge in [0, 0.05) is 25.0 Å². The predicted octanol–water partition coefficient (Wildman–Crippen LogP) is 2.66. The van der Waals surface area contributed by atoms with Crippen LogP contribution in [-0.2, 0) is 17.7 Å². The summed E-state index contributed by atoms with van der Waals surface area (Å²) in [4.78, 5) is 30.4. The van der Waals surface area contributed by atoms with Crippen molar-refractivity contribution in [3.05, 3.63) is 29.1 Å². The molecule has 1 aromatic heterocycles. The van der Waals surface area contributed by atoms with Crippen molar-refractivity contribution < 1.29 is 14.3 Å². The molecular formula is C18H25N3O3. The summed E-state index contributed by atoms with van der Waals surface area (Å²) in [5, 5.41) is 3.16. The monoisotopic (exact) mass is 331 g/mol. The van der Waals surface area contributed by atoms with E-state index >= 15 is 0 Å². The Morgan fingerprint density at radius 2 is 2.08 bits per heavy atom. The largest absolute Gasteiger partial charge is 0.450 e. The van der Waals surface area contributed by atoms with Crippen LogP contribution in [0.5, 0.6) is 0 Å². The van der Waals surface area contributed by atoms with Gasteiger partial charge in [-0.05, 0) is 37.3 Å². The molecule has 2 amide bonds. The van der Waals surface area contributed by atoms with Crippen molar-refractivity contribution in [1.82, 2.24) is 15.2 Å². The molecule has 0 saturated heterocycles. The number of rotatable bonds is 3.